The zero-order valence-corrected chi connectivity index (χ0v) is 5.71. The molecule has 0 fully saturated rings. The molecule has 0 N–H and O–H groups in total. The van der Waals surface area contributed by atoms with E-state index in [1.54, 1.807) is 0 Å². The Kier molecular flexibility index (Phi) is 6.92. The number of hydrogen-bond donors (Lipinski definition) is 0. The van der Waals surface area contributed by atoms with Crippen molar-refractivity contribution in [3.05, 3.63) is 12.6 Å². The first-order chi connectivity index (χ1) is 4.98. The molecule has 0 aromatic rings. The first-order valence-corrected chi connectivity index (χ1v) is 2.33. The van der Waals surface area contributed by atoms with Crippen molar-refractivity contribution in [2.45, 2.75) is 6.11 Å². The number of ether oxygens (including phenoxy) is 1. The highest BCUT2D eigenvalue weighted by Crippen LogP contribution is 2.19. The van der Waals surface area contributed by atoms with Crippen molar-refractivity contribution >= 4 is 0 Å². The van der Waals surface area contributed by atoms with E-state index >= 15 is 0 Å². The van der Waals surface area contributed by atoms with Crippen LogP contribution in [0.5, 0.6) is 0 Å². The molecule has 0 saturated carbocycles. The molecule has 0 aromatic heterocycles. The predicted octanol–water partition coefficient (Wildman–Crippen LogP) is 2.59. The molecule has 0 radical (unpaired) electrons. The minimum Gasteiger partial charge on any atom is -0.405 e. The molecule has 0 amide bonds. The quantitative estimate of drug-likeness (QED) is 0.476. The summed E-state index contributed by atoms with van der Waals surface area (Å²) in [4.78, 5) is 0. The molecule has 11 heavy (non-hydrogen) atoms. The first-order valence-electron chi connectivity index (χ1n) is 2.33. The zero-order chi connectivity index (χ0) is 9.49. The Hall–Kier alpha value is -0.810. The van der Waals surface area contributed by atoms with Crippen molar-refractivity contribution in [3.8, 4) is 0 Å². The van der Waals surface area contributed by atoms with Crippen LogP contribution in [-0.4, -0.2) is 20.0 Å². The molecule has 0 atom stereocenters. The van der Waals surface area contributed by atoms with Crippen LogP contribution in [0.2, 0.25) is 0 Å². The fraction of sp³-hybridized carbons (Fsp3) is 0.600. The summed E-state index contributed by atoms with van der Waals surface area (Å²) >= 11 is 0. The van der Waals surface area contributed by atoms with E-state index in [4.69, 9.17) is 0 Å². The molecule has 0 unspecified atom stereocenters. The van der Waals surface area contributed by atoms with Gasteiger partial charge in [-0.2, -0.15) is 13.2 Å². The summed E-state index contributed by atoms with van der Waals surface area (Å²) in [5.74, 6) is 0. The smallest absolute Gasteiger partial charge is 0.405 e. The molecule has 0 rings (SSSR count). The van der Waals surface area contributed by atoms with Crippen molar-refractivity contribution in [1.29, 1.82) is 0 Å². The SMILES string of the molecule is C=C(F)OC(F)(F)CF.CF. The third-order valence-corrected chi connectivity index (χ3v) is 0.416. The topological polar surface area (TPSA) is 9.23 Å². The Morgan fingerprint density at radius 1 is 1.45 bits per heavy atom. The third-order valence-electron chi connectivity index (χ3n) is 0.416. The lowest BCUT2D eigenvalue weighted by atomic mass is 10.7. The van der Waals surface area contributed by atoms with Gasteiger partial charge in [0.05, 0.1) is 7.18 Å². The monoisotopic (exact) mass is 178 g/mol. The van der Waals surface area contributed by atoms with E-state index in [2.05, 4.69) is 11.3 Å². The van der Waals surface area contributed by atoms with Crippen LogP contribution in [0.4, 0.5) is 22.0 Å². The highest BCUT2D eigenvalue weighted by atomic mass is 19.3. The van der Waals surface area contributed by atoms with E-state index in [0.717, 1.165) is 0 Å². The van der Waals surface area contributed by atoms with Crippen molar-refractivity contribution in [1.82, 2.24) is 0 Å². The molecule has 6 heteroatoms. The lowest BCUT2D eigenvalue weighted by Crippen LogP contribution is -2.21. The van der Waals surface area contributed by atoms with Crippen LogP contribution >= 0.6 is 0 Å². The van der Waals surface area contributed by atoms with E-state index in [0.29, 0.717) is 7.18 Å². The van der Waals surface area contributed by atoms with Gasteiger partial charge in [-0.3, -0.25) is 4.39 Å². The van der Waals surface area contributed by atoms with Gasteiger partial charge in [-0.25, -0.2) is 4.39 Å². The summed E-state index contributed by atoms with van der Waals surface area (Å²) in [5, 5.41) is 0. The average Bonchev–Trinajstić information content (AvgIpc) is 1.90. The maximum absolute atomic E-state index is 11.5. The Labute approximate surface area is 60.5 Å². The van der Waals surface area contributed by atoms with Crippen LogP contribution in [0.15, 0.2) is 12.6 Å². The van der Waals surface area contributed by atoms with Crippen molar-refractivity contribution in [2.75, 3.05) is 13.9 Å². The van der Waals surface area contributed by atoms with Gasteiger partial charge in [0.2, 0.25) is 0 Å². The minimum absolute atomic E-state index is 0.500. The lowest BCUT2D eigenvalue weighted by molar-refractivity contribution is -0.233. The Bertz CT molecular complexity index is 113. The largest absolute Gasteiger partial charge is 0.428 e. The van der Waals surface area contributed by atoms with Crippen molar-refractivity contribution < 1.29 is 26.7 Å². The normalized spacial score (nSPS) is 9.64. The summed E-state index contributed by atoms with van der Waals surface area (Å²) < 4.78 is 57.9. The molecule has 1 nitrogen and oxygen atoms in total. The molecule has 68 valence electrons. The summed E-state index contributed by atoms with van der Waals surface area (Å²) in [7, 11) is 0.500. The second kappa shape index (κ2) is 5.94. The lowest BCUT2D eigenvalue weighted by Gasteiger charge is -2.10. The zero-order valence-electron chi connectivity index (χ0n) is 5.71. The van der Waals surface area contributed by atoms with Gasteiger partial charge >= 0.3 is 6.11 Å². The standard InChI is InChI=1S/C4H4F4O.CH3F/c1-3(6)9-4(7,8)2-5;1-2/h1-2H2;1H3. The molecular formula is C5H7F5O. The maximum Gasteiger partial charge on any atom is 0.428 e. The second-order valence-corrected chi connectivity index (χ2v) is 1.23. The molecule has 0 aliphatic heterocycles. The van der Waals surface area contributed by atoms with E-state index < -0.39 is 18.8 Å². The fourth-order valence-electron chi connectivity index (χ4n) is 0.189. The second-order valence-electron chi connectivity index (χ2n) is 1.23. The molecule has 0 heterocycles. The first kappa shape index (κ1) is 12.8. The molecule has 0 bridgehead atoms. The molecule has 0 spiro atoms. The van der Waals surface area contributed by atoms with Gasteiger partial charge < -0.3 is 4.74 Å². The summed E-state index contributed by atoms with van der Waals surface area (Å²) in [6.45, 7) is 0.293. The van der Waals surface area contributed by atoms with Gasteiger partial charge in [0.1, 0.15) is 0 Å². The van der Waals surface area contributed by atoms with Crippen LogP contribution in [-0.2, 0) is 4.74 Å². The average molecular weight is 178 g/mol. The van der Waals surface area contributed by atoms with Crippen molar-refractivity contribution in [3.63, 3.8) is 0 Å². The number of halogens is 5. The minimum atomic E-state index is -4.08. The van der Waals surface area contributed by atoms with Crippen LogP contribution in [0.25, 0.3) is 0 Å². The van der Waals surface area contributed by atoms with E-state index in [1.165, 1.54) is 0 Å². The molecule has 0 aromatic carbocycles. The van der Waals surface area contributed by atoms with Crippen LogP contribution in [0.1, 0.15) is 0 Å². The summed E-state index contributed by atoms with van der Waals surface area (Å²) in [5.41, 5.74) is 0. The van der Waals surface area contributed by atoms with Gasteiger partial charge in [-0.05, 0) is 6.58 Å². The van der Waals surface area contributed by atoms with Crippen molar-refractivity contribution in [2.24, 2.45) is 0 Å². The highest BCUT2D eigenvalue weighted by Gasteiger charge is 2.32. The van der Waals surface area contributed by atoms with Crippen LogP contribution in [0.3, 0.4) is 0 Å². The maximum atomic E-state index is 11.5. The summed E-state index contributed by atoms with van der Waals surface area (Å²) in [6, 6.07) is -1.70. The van der Waals surface area contributed by atoms with Gasteiger partial charge in [0, 0.05) is 0 Å². The number of rotatable bonds is 3. The van der Waals surface area contributed by atoms with Gasteiger partial charge in [0.15, 0.2) is 6.67 Å². The number of hydrogen-bond acceptors (Lipinski definition) is 1. The predicted molar refractivity (Wildman–Crippen MR) is 29.3 cm³/mol. The van der Waals surface area contributed by atoms with E-state index in [-0.39, 0.29) is 0 Å². The van der Waals surface area contributed by atoms with Crippen LogP contribution < -0.4 is 0 Å². The summed E-state index contributed by atoms with van der Waals surface area (Å²) in [6.07, 6.45) is -4.08. The molecular weight excluding hydrogens is 171 g/mol. The van der Waals surface area contributed by atoms with E-state index in [1.807, 2.05) is 0 Å². The van der Waals surface area contributed by atoms with Gasteiger partial charge in [-0.15, -0.1) is 0 Å². The molecule has 0 saturated heterocycles. The molecule has 0 aliphatic carbocycles. The Balaban J connectivity index is 0. The molecule has 0 aliphatic rings. The highest BCUT2D eigenvalue weighted by molar-refractivity contribution is 4.67. The van der Waals surface area contributed by atoms with E-state index in [9.17, 15) is 22.0 Å². The fourth-order valence-corrected chi connectivity index (χ4v) is 0.189. The number of alkyl halides is 4. The third kappa shape index (κ3) is 9.19. The van der Waals surface area contributed by atoms with Gasteiger partial charge in [0.25, 0.3) is 6.01 Å². The Morgan fingerprint density at radius 3 is 1.91 bits per heavy atom. The van der Waals surface area contributed by atoms with Crippen LogP contribution in [0, 0.1) is 0 Å². The Morgan fingerprint density at radius 2 is 1.82 bits per heavy atom. The van der Waals surface area contributed by atoms with Gasteiger partial charge in [-0.1, -0.05) is 0 Å².